The molecule has 3 aromatic rings. The van der Waals surface area contributed by atoms with Crippen LogP contribution in [0.1, 0.15) is 36.9 Å². The van der Waals surface area contributed by atoms with Gasteiger partial charge in [-0.1, -0.05) is 17.7 Å². The molecule has 1 saturated heterocycles. The van der Waals surface area contributed by atoms with E-state index >= 15 is 0 Å². The van der Waals surface area contributed by atoms with Crippen molar-refractivity contribution in [2.75, 3.05) is 13.2 Å². The highest BCUT2D eigenvalue weighted by atomic mass is 35.5. The van der Waals surface area contributed by atoms with Crippen LogP contribution in [0.4, 0.5) is 4.39 Å². The van der Waals surface area contributed by atoms with Gasteiger partial charge in [-0.05, 0) is 69.0 Å². The topological polar surface area (TPSA) is 56.6 Å². The van der Waals surface area contributed by atoms with E-state index < -0.39 is 5.82 Å². The van der Waals surface area contributed by atoms with Crippen molar-refractivity contribution in [1.29, 1.82) is 0 Å². The molecule has 0 radical (unpaired) electrons. The molecular weight excluding hydrogens is 457 g/mol. The summed E-state index contributed by atoms with van der Waals surface area (Å²) in [4.78, 5) is 15.1. The van der Waals surface area contributed by atoms with Gasteiger partial charge in [0.05, 0.1) is 29.6 Å². The Morgan fingerprint density at radius 1 is 1.24 bits per heavy atom. The zero-order valence-corrected chi connectivity index (χ0v) is 19.8. The number of aromatic nitrogens is 2. The van der Waals surface area contributed by atoms with Crippen LogP contribution in [0.25, 0.3) is 5.69 Å². The smallest absolute Gasteiger partial charge is 0.227 e. The third kappa shape index (κ3) is 5.10. The molecule has 1 aromatic heterocycles. The highest BCUT2D eigenvalue weighted by Crippen LogP contribution is 2.35. The average molecular weight is 484 g/mol. The molecule has 2 aromatic carbocycles. The largest absolute Gasteiger partial charge is 0.438 e. The maximum Gasteiger partial charge on any atom is 0.227 e. The van der Waals surface area contributed by atoms with Crippen LogP contribution >= 0.6 is 11.6 Å². The second-order valence-electron chi connectivity index (χ2n) is 8.94. The summed E-state index contributed by atoms with van der Waals surface area (Å²) in [6.07, 6.45) is 3.86. The number of rotatable bonds is 8. The first-order chi connectivity index (χ1) is 16.5. The molecule has 1 amide bonds. The molecule has 0 unspecified atom stereocenters. The van der Waals surface area contributed by atoms with Gasteiger partial charge in [0.2, 0.25) is 11.8 Å². The summed E-state index contributed by atoms with van der Waals surface area (Å²) in [6, 6.07) is 13.2. The first-order valence-electron chi connectivity index (χ1n) is 11.7. The molecule has 8 heteroatoms. The van der Waals surface area contributed by atoms with Crippen LogP contribution in [-0.2, 0) is 16.1 Å². The molecule has 1 atom stereocenters. The van der Waals surface area contributed by atoms with E-state index in [9.17, 15) is 9.18 Å². The number of benzene rings is 2. The summed E-state index contributed by atoms with van der Waals surface area (Å²) in [6.45, 7) is 3.52. The molecule has 2 fully saturated rings. The van der Waals surface area contributed by atoms with Crippen molar-refractivity contribution in [3.05, 3.63) is 70.6 Å². The number of nitrogens with zero attached hydrogens (tertiary/aromatic N) is 3. The number of ether oxygens (including phenoxy) is 2. The summed E-state index contributed by atoms with van der Waals surface area (Å²) in [5.41, 5.74) is 2.28. The van der Waals surface area contributed by atoms with Gasteiger partial charge in [0.15, 0.2) is 0 Å². The summed E-state index contributed by atoms with van der Waals surface area (Å²) in [5, 5.41) is 5.33. The predicted octanol–water partition coefficient (Wildman–Crippen LogP) is 5.68. The van der Waals surface area contributed by atoms with Gasteiger partial charge in [-0.2, -0.15) is 5.10 Å². The Balaban J connectivity index is 1.52. The lowest BCUT2D eigenvalue weighted by Gasteiger charge is -2.26. The minimum atomic E-state index is -0.391. The second kappa shape index (κ2) is 9.76. The Bertz CT molecular complexity index is 1170. The molecular formula is C26H27ClFN3O3. The third-order valence-corrected chi connectivity index (χ3v) is 6.51. The lowest BCUT2D eigenvalue weighted by atomic mass is 10.1. The molecule has 6 nitrogen and oxygen atoms in total. The van der Waals surface area contributed by atoms with Gasteiger partial charge in [-0.3, -0.25) is 4.79 Å². The van der Waals surface area contributed by atoms with Crippen LogP contribution in [0.2, 0.25) is 5.02 Å². The van der Waals surface area contributed by atoms with E-state index in [2.05, 4.69) is 0 Å². The normalized spacial score (nSPS) is 17.7. The Labute approximate surface area is 203 Å². The fourth-order valence-electron chi connectivity index (χ4n) is 4.27. The van der Waals surface area contributed by atoms with E-state index in [-0.39, 0.29) is 17.9 Å². The summed E-state index contributed by atoms with van der Waals surface area (Å²) in [7, 11) is 0. The molecule has 0 bridgehead atoms. The van der Waals surface area contributed by atoms with Crippen molar-refractivity contribution in [3.63, 3.8) is 0 Å². The first-order valence-corrected chi connectivity index (χ1v) is 12.0. The Morgan fingerprint density at radius 3 is 2.71 bits per heavy atom. The fraction of sp³-hybridized carbons (Fsp3) is 0.385. The number of halogens is 2. The SMILES string of the molecule is Cc1nn(-c2ccc(Cl)cc2)c(Oc2cccc(F)c2)c1CN(C[C@H]1CCCO1)C(=O)C1CC1. The standard InChI is InChI=1S/C26H27ClFN3O3/c1-17-24(16-30(25(32)18-7-8-18)15-23-6-3-13-33-23)26(34-22-5-2-4-20(28)14-22)31(29-17)21-11-9-19(27)10-12-21/h2,4-5,9-12,14,18,23H,3,6-8,13,15-16H2,1H3/t23-/m1/s1. The quantitative estimate of drug-likeness (QED) is 0.413. The van der Waals surface area contributed by atoms with Crippen molar-refractivity contribution in [3.8, 4) is 17.3 Å². The summed E-state index contributed by atoms with van der Waals surface area (Å²) in [5.74, 6) is 0.644. The number of hydrogen-bond acceptors (Lipinski definition) is 4. The average Bonchev–Trinajstić information content (AvgIpc) is 3.47. The second-order valence-corrected chi connectivity index (χ2v) is 9.38. The lowest BCUT2D eigenvalue weighted by molar-refractivity contribution is -0.134. The third-order valence-electron chi connectivity index (χ3n) is 6.25. The minimum absolute atomic E-state index is 0.0434. The molecule has 2 heterocycles. The van der Waals surface area contributed by atoms with Gasteiger partial charge in [0.1, 0.15) is 11.6 Å². The Kier molecular flexibility index (Phi) is 6.57. The number of carbonyl (C=O) groups excluding carboxylic acids is 1. The van der Waals surface area contributed by atoms with E-state index in [0.29, 0.717) is 29.7 Å². The van der Waals surface area contributed by atoms with Crippen molar-refractivity contribution in [2.24, 2.45) is 5.92 Å². The van der Waals surface area contributed by atoms with Crippen LogP contribution in [0, 0.1) is 18.7 Å². The molecule has 1 saturated carbocycles. The van der Waals surface area contributed by atoms with E-state index in [1.807, 2.05) is 24.0 Å². The molecule has 5 rings (SSSR count). The van der Waals surface area contributed by atoms with Gasteiger partial charge in [-0.15, -0.1) is 0 Å². The van der Waals surface area contributed by atoms with Gasteiger partial charge in [0, 0.05) is 30.2 Å². The molecule has 0 N–H and O–H groups in total. The van der Waals surface area contributed by atoms with Crippen molar-refractivity contribution in [1.82, 2.24) is 14.7 Å². The maximum absolute atomic E-state index is 13.9. The van der Waals surface area contributed by atoms with Crippen LogP contribution in [0.3, 0.4) is 0 Å². The summed E-state index contributed by atoms with van der Waals surface area (Å²) < 4.78 is 27.6. The van der Waals surface area contributed by atoms with Gasteiger partial charge in [-0.25, -0.2) is 9.07 Å². The highest BCUT2D eigenvalue weighted by Gasteiger charge is 2.36. The zero-order chi connectivity index (χ0) is 23.7. The highest BCUT2D eigenvalue weighted by molar-refractivity contribution is 6.30. The molecule has 178 valence electrons. The van der Waals surface area contributed by atoms with Gasteiger partial charge in [0.25, 0.3) is 0 Å². The Morgan fingerprint density at radius 2 is 2.03 bits per heavy atom. The van der Waals surface area contributed by atoms with E-state index in [1.54, 1.807) is 28.9 Å². The van der Waals surface area contributed by atoms with Gasteiger partial charge >= 0.3 is 0 Å². The van der Waals surface area contributed by atoms with Crippen molar-refractivity contribution >= 4 is 17.5 Å². The van der Waals surface area contributed by atoms with E-state index in [1.165, 1.54) is 12.1 Å². The predicted molar refractivity (Wildman–Crippen MR) is 127 cm³/mol. The number of amides is 1. The van der Waals surface area contributed by atoms with Crippen molar-refractivity contribution in [2.45, 2.75) is 45.3 Å². The van der Waals surface area contributed by atoms with Crippen LogP contribution < -0.4 is 4.74 Å². The first kappa shape index (κ1) is 22.9. The van der Waals surface area contributed by atoms with Crippen LogP contribution in [0.5, 0.6) is 11.6 Å². The Hall–Kier alpha value is -2.90. The monoisotopic (exact) mass is 483 g/mol. The van der Waals surface area contributed by atoms with Gasteiger partial charge < -0.3 is 14.4 Å². The number of hydrogen-bond donors (Lipinski definition) is 0. The van der Waals surface area contributed by atoms with E-state index in [0.717, 1.165) is 49.2 Å². The summed E-state index contributed by atoms with van der Waals surface area (Å²) >= 11 is 6.08. The molecule has 1 aliphatic heterocycles. The van der Waals surface area contributed by atoms with Crippen LogP contribution in [-0.4, -0.2) is 39.8 Å². The zero-order valence-electron chi connectivity index (χ0n) is 19.0. The number of carbonyl (C=O) groups is 1. The maximum atomic E-state index is 13.9. The molecule has 1 aliphatic carbocycles. The molecule has 2 aliphatic rings. The molecule has 0 spiro atoms. The fourth-order valence-corrected chi connectivity index (χ4v) is 4.40. The van der Waals surface area contributed by atoms with Crippen molar-refractivity contribution < 1.29 is 18.7 Å². The van der Waals surface area contributed by atoms with E-state index in [4.69, 9.17) is 26.2 Å². The molecule has 34 heavy (non-hydrogen) atoms. The lowest BCUT2D eigenvalue weighted by Crippen LogP contribution is -2.38. The van der Waals surface area contributed by atoms with Crippen LogP contribution in [0.15, 0.2) is 48.5 Å². The number of aryl methyl sites for hydroxylation is 1. The minimum Gasteiger partial charge on any atom is -0.438 e.